The average Bonchev–Trinajstić information content (AvgIpc) is 2.50. The number of carbonyl (C=O) groups is 2. The van der Waals surface area contributed by atoms with E-state index in [1.165, 1.54) is 0 Å². The number of hydrogen-bond donors (Lipinski definition) is 1. The third-order valence-electron chi connectivity index (χ3n) is 3.44. The summed E-state index contributed by atoms with van der Waals surface area (Å²) in [6, 6.07) is 7.60. The SMILES string of the molecule is COc1ccccc1CN1CCC(=O)NC(C)(C)C1=O. The highest BCUT2D eigenvalue weighted by molar-refractivity contribution is 5.92. The lowest BCUT2D eigenvalue weighted by atomic mass is 10.0. The van der Waals surface area contributed by atoms with Gasteiger partial charge in [-0.15, -0.1) is 0 Å². The standard InChI is InChI=1S/C15H20N2O3/c1-15(2)14(19)17(9-8-13(18)16-15)10-11-6-4-5-7-12(11)20-3/h4-7H,8-10H2,1-3H3,(H,16,18). The summed E-state index contributed by atoms with van der Waals surface area (Å²) in [6.45, 7) is 4.33. The Labute approximate surface area is 118 Å². The topological polar surface area (TPSA) is 58.6 Å². The minimum Gasteiger partial charge on any atom is -0.496 e. The molecule has 1 saturated heterocycles. The molecule has 1 N–H and O–H groups in total. The number of benzene rings is 1. The van der Waals surface area contributed by atoms with Gasteiger partial charge in [0.2, 0.25) is 11.8 Å². The molecule has 0 radical (unpaired) electrons. The van der Waals surface area contributed by atoms with Gasteiger partial charge in [-0.05, 0) is 19.9 Å². The molecule has 108 valence electrons. The van der Waals surface area contributed by atoms with Gasteiger partial charge in [0.15, 0.2) is 0 Å². The van der Waals surface area contributed by atoms with Crippen molar-refractivity contribution < 1.29 is 14.3 Å². The third kappa shape index (κ3) is 2.92. The molecule has 1 aromatic rings. The fourth-order valence-corrected chi connectivity index (χ4v) is 2.39. The Morgan fingerprint density at radius 2 is 2.00 bits per heavy atom. The van der Waals surface area contributed by atoms with Gasteiger partial charge in [-0.25, -0.2) is 0 Å². The molecule has 1 aliphatic heterocycles. The van der Waals surface area contributed by atoms with Crippen molar-refractivity contribution in [1.82, 2.24) is 10.2 Å². The van der Waals surface area contributed by atoms with Crippen LogP contribution in [0.1, 0.15) is 25.8 Å². The zero-order valence-electron chi connectivity index (χ0n) is 12.1. The van der Waals surface area contributed by atoms with E-state index in [0.717, 1.165) is 11.3 Å². The van der Waals surface area contributed by atoms with Crippen LogP contribution in [0.5, 0.6) is 5.75 Å². The van der Waals surface area contributed by atoms with E-state index in [0.29, 0.717) is 19.5 Å². The van der Waals surface area contributed by atoms with Crippen molar-refractivity contribution in [2.45, 2.75) is 32.4 Å². The molecule has 2 rings (SSSR count). The molecule has 0 spiro atoms. The maximum Gasteiger partial charge on any atom is 0.248 e. The summed E-state index contributed by atoms with van der Waals surface area (Å²) >= 11 is 0. The summed E-state index contributed by atoms with van der Waals surface area (Å²) in [7, 11) is 1.61. The summed E-state index contributed by atoms with van der Waals surface area (Å²) in [5.41, 5.74) is 0.0729. The van der Waals surface area contributed by atoms with E-state index in [1.807, 2.05) is 24.3 Å². The van der Waals surface area contributed by atoms with Gasteiger partial charge in [0.1, 0.15) is 11.3 Å². The van der Waals surface area contributed by atoms with Crippen LogP contribution in [-0.2, 0) is 16.1 Å². The van der Waals surface area contributed by atoms with Gasteiger partial charge in [0, 0.05) is 25.1 Å². The molecule has 1 aromatic carbocycles. The molecule has 5 heteroatoms. The molecular formula is C15H20N2O3. The molecular weight excluding hydrogens is 256 g/mol. The third-order valence-corrected chi connectivity index (χ3v) is 3.44. The van der Waals surface area contributed by atoms with Crippen molar-refractivity contribution in [2.24, 2.45) is 0 Å². The highest BCUT2D eigenvalue weighted by Gasteiger charge is 2.36. The maximum absolute atomic E-state index is 12.5. The first kappa shape index (κ1) is 14.4. The van der Waals surface area contributed by atoms with E-state index >= 15 is 0 Å². The Bertz CT molecular complexity index is 526. The molecule has 2 amide bonds. The molecule has 1 aliphatic rings. The van der Waals surface area contributed by atoms with Gasteiger partial charge in [0.25, 0.3) is 0 Å². The molecule has 0 unspecified atom stereocenters. The lowest BCUT2D eigenvalue weighted by Crippen LogP contribution is -2.52. The van der Waals surface area contributed by atoms with Crippen LogP contribution in [-0.4, -0.2) is 35.9 Å². The molecule has 0 aliphatic carbocycles. The van der Waals surface area contributed by atoms with Crippen LogP contribution in [0.25, 0.3) is 0 Å². The lowest BCUT2D eigenvalue weighted by Gasteiger charge is -2.29. The molecule has 0 bridgehead atoms. The van der Waals surface area contributed by atoms with Crippen molar-refractivity contribution in [1.29, 1.82) is 0 Å². The van der Waals surface area contributed by atoms with Crippen LogP contribution < -0.4 is 10.1 Å². The molecule has 0 saturated carbocycles. The van der Waals surface area contributed by atoms with E-state index in [9.17, 15) is 9.59 Å². The zero-order valence-corrected chi connectivity index (χ0v) is 12.1. The van der Waals surface area contributed by atoms with Crippen LogP contribution in [0.3, 0.4) is 0 Å². The minimum atomic E-state index is -0.865. The first-order valence-corrected chi connectivity index (χ1v) is 6.66. The summed E-state index contributed by atoms with van der Waals surface area (Å²) in [4.78, 5) is 25.8. The van der Waals surface area contributed by atoms with Gasteiger partial charge in [-0.3, -0.25) is 9.59 Å². The van der Waals surface area contributed by atoms with Crippen LogP contribution in [0.2, 0.25) is 0 Å². The molecule has 1 heterocycles. The minimum absolute atomic E-state index is 0.0748. The van der Waals surface area contributed by atoms with Crippen molar-refractivity contribution in [3.05, 3.63) is 29.8 Å². The number of methoxy groups -OCH3 is 1. The van der Waals surface area contributed by atoms with Gasteiger partial charge in [-0.2, -0.15) is 0 Å². The number of ether oxygens (including phenoxy) is 1. The van der Waals surface area contributed by atoms with Gasteiger partial charge in [-0.1, -0.05) is 18.2 Å². The highest BCUT2D eigenvalue weighted by atomic mass is 16.5. The van der Waals surface area contributed by atoms with Crippen molar-refractivity contribution in [3.63, 3.8) is 0 Å². The maximum atomic E-state index is 12.5. The summed E-state index contributed by atoms with van der Waals surface area (Å²) in [5, 5.41) is 2.75. The van der Waals surface area contributed by atoms with Crippen LogP contribution in [0.4, 0.5) is 0 Å². The summed E-state index contributed by atoms with van der Waals surface area (Å²) < 4.78 is 5.31. The van der Waals surface area contributed by atoms with Crippen LogP contribution in [0, 0.1) is 0 Å². The number of amides is 2. The van der Waals surface area contributed by atoms with E-state index in [-0.39, 0.29) is 11.8 Å². The van der Waals surface area contributed by atoms with Gasteiger partial charge >= 0.3 is 0 Å². The normalized spacial score (nSPS) is 18.4. The summed E-state index contributed by atoms with van der Waals surface area (Å²) in [5.74, 6) is 0.585. The Balaban J connectivity index is 2.23. The average molecular weight is 276 g/mol. The molecule has 1 fully saturated rings. The number of nitrogens with one attached hydrogen (secondary N) is 1. The fraction of sp³-hybridized carbons (Fsp3) is 0.467. The molecule has 0 aromatic heterocycles. The first-order valence-electron chi connectivity index (χ1n) is 6.66. The van der Waals surface area contributed by atoms with E-state index < -0.39 is 5.54 Å². The Kier molecular flexibility index (Phi) is 3.97. The second kappa shape index (κ2) is 5.53. The molecule has 20 heavy (non-hydrogen) atoms. The smallest absolute Gasteiger partial charge is 0.248 e. The van der Waals surface area contributed by atoms with Gasteiger partial charge in [0.05, 0.1) is 7.11 Å². The largest absolute Gasteiger partial charge is 0.496 e. The first-order chi connectivity index (χ1) is 9.44. The number of hydrogen-bond acceptors (Lipinski definition) is 3. The lowest BCUT2D eigenvalue weighted by molar-refractivity contribution is -0.137. The predicted octanol–water partition coefficient (Wildman–Crippen LogP) is 1.32. The quantitative estimate of drug-likeness (QED) is 0.906. The van der Waals surface area contributed by atoms with E-state index in [4.69, 9.17) is 4.74 Å². The van der Waals surface area contributed by atoms with E-state index in [1.54, 1.807) is 25.9 Å². The second-order valence-corrected chi connectivity index (χ2v) is 5.46. The Morgan fingerprint density at radius 3 is 2.70 bits per heavy atom. The Hall–Kier alpha value is -2.04. The number of para-hydroxylation sites is 1. The second-order valence-electron chi connectivity index (χ2n) is 5.46. The number of carbonyl (C=O) groups excluding carboxylic acids is 2. The fourth-order valence-electron chi connectivity index (χ4n) is 2.39. The number of rotatable bonds is 3. The van der Waals surface area contributed by atoms with E-state index in [2.05, 4.69) is 5.32 Å². The van der Waals surface area contributed by atoms with Gasteiger partial charge < -0.3 is 15.0 Å². The van der Waals surface area contributed by atoms with Crippen LogP contribution in [0.15, 0.2) is 24.3 Å². The Morgan fingerprint density at radius 1 is 1.30 bits per heavy atom. The molecule has 5 nitrogen and oxygen atoms in total. The summed E-state index contributed by atoms with van der Waals surface area (Å²) in [6.07, 6.45) is 0.324. The van der Waals surface area contributed by atoms with Crippen LogP contribution >= 0.6 is 0 Å². The highest BCUT2D eigenvalue weighted by Crippen LogP contribution is 2.22. The van der Waals surface area contributed by atoms with Crippen molar-refractivity contribution >= 4 is 11.8 Å². The zero-order chi connectivity index (χ0) is 14.8. The monoisotopic (exact) mass is 276 g/mol. The van der Waals surface area contributed by atoms with Crippen molar-refractivity contribution in [2.75, 3.05) is 13.7 Å². The van der Waals surface area contributed by atoms with Crippen molar-refractivity contribution in [3.8, 4) is 5.75 Å². The molecule has 0 atom stereocenters. The predicted molar refractivity (Wildman–Crippen MR) is 75.2 cm³/mol. The number of nitrogens with zero attached hydrogens (tertiary/aromatic N) is 1.